The molecule has 2 aromatic rings. The van der Waals surface area contributed by atoms with Crippen LogP contribution in [0.3, 0.4) is 0 Å². The van der Waals surface area contributed by atoms with E-state index in [1.54, 1.807) is 30.3 Å². The first-order valence-electron chi connectivity index (χ1n) is 9.66. The van der Waals surface area contributed by atoms with Crippen LogP contribution in [0.1, 0.15) is 48.0 Å². The smallest absolute Gasteiger partial charge is 0.194 e. The van der Waals surface area contributed by atoms with Crippen LogP contribution in [0.2, 0.25) is 10.0 Å². The second-order valence-electron chi connectivity index (χ2n) is 6.57. The molecule has 0 heterocycles. The lowest BCUT2D eigenvalue weighted by Crippen LogP contribution is -2.15. The number of carbonyl (C=O) groups is 1. The predicted molar refractivity (Wildman–Crippen MR) is 118 cm³/mol. The molecule has 0 saturated heterocycles. The summed E-state index contributed by atoms with van der Waals surface area (Å²) >= 11 is 12.0. The van der Waals surface area contributed by atoms with E-state index in [-0.39, 0.29) is 5.78 Å². The van der Waals surface area contributed by atoms with Gasteiger partial charge in [-0.2, -0.15) is 0 Å². The van der Waals surface area contributed by atoms with Crippen molar-refractivity contribution in [2.75, 3.05) is 19.7 Å². The van der Waals surface area contributed by atoms with E-state index in [4.69, 9.17) is 27.9 Å². The lowest BCUT2D eigenvalue weighted by molar-refractivity contribution is 0.103. The number of ether oxygens (including phenoxy) is 1. The van der Waals surface area contributed by atoms with Gasteiger partial charge in [-0.25, -0.2) is 0 Å². The summed E-state index contributed by atoms with van der Waals surface area (Å²) in [7, 11) is 0. The Labute approximate surface area is 177 Å². The van der Waals surface area contributed by atoms with Crippen LogP contribution in [0, 0.1) is 0 Å². The van der Waals surface area contributed by atoms with Crippen molar-refractivity contribution in [2.24, 2.45) is 0 Å². The van der Waals surface area contributed by atoms with Gasteiger partial charge in [-0.1, -0.05) is 42.1 Å². The van der Waals surface area contributed by atoms with E-state index in [0.717, 1.165) is 38.1 Å². The number of halogens is 2. The van der Waals surface area contributed by atoms with Crippen molar-refractivity contribution < 1.29 is 9.53 Å². The van der Waals surface area contributed by atoms with Gasteiger partial charge in [-0.3, -0.25) is 4.79 Å². The lowest BCUT2D eigenvalue weighted by Gasteiger charge is -2.08. The van der Waals surface area contributed by atoms with Crippen molar-refractivity contribution in [3.05, 3.63) is 76.3 Å². The van der Waals surface area contributed by atoms with E-state index in [9.17, 15) is 4.79 Å². The molecule has 2 aromatic carbocycles. The van der Waals surface area contributed by atoms with Crippen molar-refractivity contribution in [1.29, 1.82) is 0 Å². The Bertz CT molecular complexity index is 760. The Morgan fingerprint density at radius 1 is 1.00 bits per heavy atom. The second kappa shape index (κ2) is 12.6. The van der Waals surface area contributed by atoms with Crippen LogP contribution < -0.4 is 10.1 Å². The number of ketones is 1. The predicted octanol–water partition coefficient (Wildman–Crippen LogP) is 6.33. The topological polar surface area (TPSA) is 38.3 Å². The zero-order valence-corrected chi connectivity index (χ0v) is 17.6. The standard InChI is InChI=1S/C23H27Cl2NO2/c1-2-3-14-26-15-6-4-5-7-16-28-20-11-8-18(9-12-20)23(27)21-13-10-19(24)17-22(21)25/h2,8-13,17,26H,1,3-7,14-16H2. The number of unbranched alkanes of at least 4 members (excludes halogenated alkanes) is 3. The normalized spacial score (nSPS) is 10.6. The molecule has 0 radical (unpaired) electrons. The molecule has 0 spiro atoms. The Kier molecular flexibility index (Phi) is 10.1. The first-order valence-corrected chi connectivity index (χ1v) is 10.4. The summed E-state index contributed by atoms with van der Waals surface area (Å²) in [6, 6.07) is 12.0. The Morgan fingerprint density at radius 2 is 1.75 bits per heavy atom. The molecular formula is C23H27Cl2NO2. The van der Waals surface area contributed by atoms with Crippen LogP contribution in [-0.2, 0) is 0 Å². The van der Waals surface area contributed by atoms with E-state index in [2.05, 4.69) is 11.9 Å². The third kappa shape index (κ3) is 7.67. The third-order valence-electron chi connectivity index (χ3n) is 4.33. The molecular weight excluding hydrogens is 393 g/mol. The summed E-state index contributed by atoms with van der Waals surface area (Å²) in [6.45, 7) is 6.45. The molecule has 3 nitrogen and oxygen atoms in total. The zero-order chi connectivity index (χ0) is 20.2. The van der Waals surface area contributed by atoms with Crippen molar-refractivity contribution in [2.45, 2.75) is 32.1 Å². The van der Waals surface area contributed by atoms with Gasteiger partial charge >= 0.3 is 0 Å². The molecule has 0 aliphatic carbocycles. The Morgan fingerprint density at radius 3 is 2.46 bits per heavy atom. The van der Waals surface area contributed by atoms with Gasteiger partial charge in [0, 0.05) is 16.1 Å². The minimum Gasteiger partial charge on any atom is -0.494 e. The molecule has 0 aliphatic rings. The Balaban J connectivity index is 1.68. The van der Waals surface area contributed by atoms with Gasteiger partial charge in [-0.15, -0.1) is 6.58 Å². The molecule has 150 valence electrons. The van der Waals surface area contributed by atoms with E-state index >= 15 is 0 Å². The molecule has 0 fully saturated rings. The van der Waals surface area contributed by atoms with Crippen LogP contribution in [0.4, 0.5) is 0 Å². The minimum absolute atomic E-state index is 0.130. The fourth-order valence-corrected chi connectivity index (χ4v) is 3.25. The SMILES string of the molecule is C=CCCNCCCCCCOc1ccc(C(=O)c2ccc(Cl)cc2Cl)cc1. The molecule has 1 N–H and O–H groups in total. The van der Waals surface area contributed by atoms with Crippen molar-refractivity contribution >= 4 is 29.0 Å². The molecule has 0 bridgehead atoms. The zero-order valence-electron chi connectivity index (χ0n) is 16.1. The number of rotatable bonds is 13. The van der Waals surface area contributed by atoms with Crippen molar-refractivity contribution in [3.63, 3.8) is 0 Å². The minimum atomic E-state index is -0.130. The molecule has 0 aliphatic heterocycles. The summed E-state index contributed by atoms with van der Waals surface area (Å²) in [6.07, 6.45) is 7.49. The second-order valence-corrected chi connectivity index (χ2v) is 7.41. The van der Waals surface area contributed by atoms with E-state index < -0.39 is 0 Å². The van der Waals surface area contributed by atoms with E-state index in [1.165, 1.54) is 12.8 Å². The van der Waals surface area contributed by atoms with Crippen molar-refractivity contribution in [3.8, 4) is 5.75 Å². The van der Waals surface area contributed by atoms with E-state index in [1.807, 2.05) is 18.2 Å². The molecule has 0 amide bonds. The van der Waals surface area contributed by atoms with Gasteiger partial charge in [0.2, 0.25) is 0 Å². The number of hydrogen-bond acceptors (Lipinski definition) is 3. The summed E-state index contributed by atoms with van der Waals surface area (Å²) in [5.74, 6) is 0.639. The summed E-state index contributed by atoms with van der Waals surface area (Å²) in [5, 5.41) is 4.25. The monoisotopic (exact) mass is 419 g/mol. The van der Waals surface area contributed by atoms with Gasteiger partial charge in [0.25, 0.3) is 0 Å². The highest BCUT2D eigenvalue weighted by Gasteiger charge is 2.13. The first kappa shape index (κ1) is 22.5. The maximum atomic E-state index is 12.6. The van der Waals surface area contributed by atoms with Gasteiger partial charge in [0.1, 0.15) is 5.75 Å². The van der Waals surface area contributed by atoms with Crippen LogP contribution in [-0.4, -0.2) is 25.5 Å². The largest absolute Gasteiger partial charge is 0.494 e. The number of hydrogen-bond donors (Lipinski definition) is 1. The summed E-state index contributed by atoms with van der Waals surface area (Å²) in [4.78, 5) is 12.6. The lowest BCUT2D eigenvalue weighted by atomic mass is 10.0. The quantitative estimate of drug-likeness (QED) is 0.234. The van der Waals surface area contributed by atoms with Crippen LogP contribution >= 0.6 is 23.2 Å². The molecule has 0 saturated carbocycles. The average Bonchev–Trinajstić information content (AvgIpc) is 2.69. The average molecular weight is 420 g/mol. The van der Waals surface area contributed by atoms with Crippen LogP contribution in [0.5, 0.6) is 5.75 Å². The molecule has 5 heteroatoms. The first-order chi connectivity index (χ1) is 13.6. The number of nitrogens with one attached hydrogen (secondary N) is 1. The van der Waals surface area contributed by atoms with Gasteiger partial charge < -0.3 is 10.1 Å². The van der Waals surface area contributed by atoms with Gasteiger partial charge in [0.15, 0.2) is 5.78 Å². The maximum Gasteiger partial charge on any atom is 0.194 e. The molecule has 28 heavy (non-hydrogen) atoms. The summed E-state index contributed by atoms with van der Waals surface area (Å²) < 4.78 is 5.76. The number of benzene rings is 2. The fourth-order valence-electron chi connectivity index (χ4n) is 2.76. The summed E-state index contributed by atoms with van der Waals surface area (Å²) in [5.41, 5.74) is 1.01. The Hall–Kier alpha value is -1.81. The third-order valence-corrected chi connectivity index (χ3v) is 4.88. The van der Waals surface area contributed by atoms with Crippen LogP contribution in [0.15, 0.2) is 55.1 Å². The van der Waals surface area contributed by atoms with E-state index in [0.29, 0.717) is 27.8 Å². The fraction of sp³-hybridized carbons (Fsp3) is 0.348. The van der Waals surface area contributed by atoms with Gasteiger partial charge in [-0.05, 0) is 74.8 Å². The van der Waals surface area contributed by atoms with Gasteiger partial charge in [0.05, 0.1) is 11.6 Å². The highest BCUT2D eigenvalue weighted by Crippen LogP contribution is 2.24. The molecule has 0 atom stereocenters. The van der Waals surface area contributed by atoms with Crippen molar-refractivity contribution in [1.82, 2.24) is 5.32 Å². The maximum absolute atomic E-state index is 12.6. The highest BCUT2D eigenvalue weighted by molar-refractivity contribution is 6.37. The highest BCUT2D eigenvalue weighted by atomic mass is 35.5. The molecule has 2 rings (SSSR count). The van der Waals surface area contributed by atoms with Crippen LogP contribution in [0.25, 0.3) is 0 Å². The number of carbonyl (C=O) groups excluding carboxylic acids is 1. The molecule has 0 unspecified atom stereocenters. The molecule has 0 aromatic heterocycles.